The zero-order valence-electron chi connectivity index (χ0n) is 77.3. The molecule has 0 saturated carbocycles. The van der Waals surface area contributed by atoms with Gasteiger partial charge in [-0.2, -0.15) is 0 Å². The van der Waals surface area contributed by atoms with Gasteiger partial charge in [0.15, 0.2) is 0 Å². The summed E-state index contributed by atoms with van der Waals surface area (Å²) in [6, 6.07) is 11.8. The molecule has 38 heteroatoms. The van der Waals surface area contributed by atoms with E-state index in [9.17, 15) is 69.3 Å². The number of hydrogen-bond acceptors (Lipinski definition) is 27. The molecule has 0 fully saturated rings. The van der Waals surface area contributed by atoms with Crippen LogP contribution in [0, 0.1) is 125 Å². The summed E-state index contributed by atoms with van der Waals surface area (Å²) in [7, 11) is 0. The van der Waals surface area contributed by atoms with Crippen molar-refractivity contribution in [1.82, 2.24) is 69.8 Å². The van der Waals surface area contributed by atoms with Crippen LogP contribution in [-0.4, -0.2) is 147 Å². The predicted molar refractivity (Wildman–Crippen MR) is 532 cm³/mol. The highest BCUT2D eigenvalue weighted by Crippen LogP contribution is 2.47. The van der Waals surface area contributed by atoms with Gasteiger partial charge in [-0.15, -0.1) is 34.0 Å². The SMILES string of the molecule is Cc1cc(C)c(/C=C2\C(=O)Nc3nc(C)c(O)c(C)c32)[nH]1.Cc1ccc(/C=C2\C(=O)Nc3nc(C)c(O)c(C)c32)s1.Cc1ccsc1/C=C1\C(=O)Nc2nc(C)c(O)c(C)c21.Cc1nc2c(c(C)c1O)/C(=C/c1ccc[nH]1)C(=O)N2.Cc1nc2c(c(C)c1O)/C(=C/c1cnc[nH]1)C(=O)N2.Cc1nc2c(c(C)c1O)/C(=C/c1ncc[nH]1)C(=O)N2.Cc1nc2c(c(C)c1O)/C(=C/c1nccs1)C(=O)N2. The second-order valence-electron chi connectivity index (χ2n) is 32.8. The number of H-pyrrole nitrogens is 4. The Bertz CT molecular complexity index is 7140. The van der Waals surface area contributed by atoms with Crippen molar-refractivity contribution < 1.29 is 69.3 Å². The lowest BCUT2D eigenvalue weighted by molar-refractivity contribution is -0.111. The van der Waals surface area contributed by atoms with E-state index in [1.165, 1.54) is 22.5 Å². The molecule has 21 heterocycles. The number of fused-ring (bicyclic) bond motifs is 7. The Morgan fingerprint density at radius 1 is 0.328 bits per heavy atom. The number of thiazole rings is 1. The number of hydrogen-bond donors (Lipinski definition) is 18. The second kappa shape index (κ2) is 38.4. The Morgan fingerprint density at radius 3 is 1.00 bits per heavy atom. The Balaban J connectivity index is 0.000000121. The van der Waals surface area contributed by atoms with Crippen LogP contribution in [0.3, 0.4) is 0 Å². The third-order valence-electron chi connectivity index (χ3n) is 23.3. The molecular weight excluding hydrogens is 1800 g/mol. The van der Waals surface area contributed by atoms with Gasteiger partial charge in [-0.3, -0.25) is 33.6 Å². The van der Waals surface area contributed by atoms with E-state index < -0.39 is 0 Å². The number of aryl methyl sites for hydroxylation is 11. The number of aromatic hydroxyl groups is 7. The molecule has 14 aromatic rings. The Morgan fingerprint density at radius 2 is 0.693 bits per heavy atom. The first-order chi connectivity index (χ1) is 65.1. The third kappa shape index (κ3) is 18.9. The van der Waals surface area contributed by atoms with Crippen molar-refractivity contribution in [2.24, 2.45) is 0 Å². The topological polar surface area (TPSA) is 537 Å². The molecule has 0 spiro atoms. The van der Waals surface area contributed by atoms with Gasteiger partial charge in [0.25, 0.3) is 41.4 Å². The van der Waals surface area contributed by atoms with Gasteiger partial charge in [0.05, 0.1) is 97.1 Å². The van der Waals surface area contributed by atoms with Crippen LogP contribution in [0.2, 0.25) is 0 Å². The number of pyridine rings is 7. The van der Waals surface area contributed by atoms with Crippen LogP contribution in [0.5, 0.6) is 40.2 Å². The standard InChI is InChI=1S/C16H17N3O2.2C15H14N2O2S.C14H13N3O2.2C13H12N4O2.C13H11N3O2S/c1-7-5-8(2)17-12(7)6-11-13-9(3)14(20)10(4)18-15(13)19-16(11)21;1-7-4-5-20-11(7)6-10-12-8(2)13(18)9(3)16-14(12)17-15(10)19;1-7-4-5-10(20-7)6-11-12-8(2)13(18)9(3)16-14(12)17-15(11)19;1-7-11-10(6-9-4-3-5-15-9)14(19)17-13(11)16-8(2)12(7)18;1-6-10-9(3-8-4-14-5-15-8)13(19)17-12(10)16-7(2)11(6)18;1-6-10-8(5-9-14-3-4-15-9)13(19)17-12(10)16-7(2)11(6)18;1-6-10-8(5-9-14-3-4-19-9)13(18)16-12(10)15-7(2)11(6)17/h5-6,17,20H,1-4H3,(H,18,19,21);2*4-6,18H,1-3H3,(H,16,17,19);3-6,15,18H,1-2H3,(H,16,17,19);2*3-5,18H,1-2H3,(H,14,15)(H,16,17,19);3-5,17H,1-2H3,(H,15,16,18)/b11-6-;10-6-;11-6-;10-6-;9-3-;2*8-5-. The van der Waals surface area contributed by atoms with Crippen molar-refractivity contribution in [3.63, 3.8) is 0 Å². The van der Waals surface area contributed by atoms with E-state index in [4.69, 9.17) is 0 Å². The number of amides is 7. The van der Waals surface area contributed by atoms with Crippen LogP contribution in [0.15, 0.2) is 84.5 Å². The van der Waals surface area contributed by atoms with E-state index in [-0.39, 0.29) is 81.6 Å². The van der Waals surface area contributed by atoms with Gasteiger partial charge in [-0.25, -0.2) is 49.8 Å². The number of aromatic amines is 4. The Kier molecular flexibility index (Phi) is 26.5. The zero-order valence-corrected chi connectivity index (χ0v) is 79.8. The van der Waals surface area contributed by atoms with Crippen LogP contribution < -0.4 is 37.2 Å². The summed E-state index contributed by atoms with van der Waals surface area (Å²) in [6.45, 7) is 32.5. The molecule has 35 nitrogen and oxygen atoms in total. The number of carbonyl (C=O) groups excluding carboxylic acids is 7. The predicted octanol–water partition coefficient (Wildman–Crippen LogP) is 17.2. The number of nitrogens with one attached hydrogen (secondary N) is 11. The highest BCUT2D eigenvalue weighted by molar-refractivity contribution is 7.13. The summed E-state index contributed by atoms with van der Waals surface area (Å²) >= 11 is 4.66. The Labute approximate surface area is 795 Å². The maximum atomic E-state index is 12.2. The number of thiophene rings is 2. The maximum Gasteiger partial charge on any atom is 0.257 e. The molecule has 0 unspecified atom stereocenters. The van der Waals surface area contributed by atoms with Crippen molar-refractivity contribution >= 4 is 198 Å². The van der Waals surface area contributed by atoms with Crippen molar-refractivity contribution in [1.29, 1.82) is 0 Å². The van der Waals surface area contributed by atoms with Gasteiger partial charge < -0.3 is 92.9 Å². The molecule has 137 heavy (non-hydrogen) atoms. The van der Waals surface area contributed by atoms with Gasteiger partial charge >= 0.3 is 0 Å². The summed E-state index contributed by atoms with van der Waals surface area (Å²) in [5.41, 5.74) is 22.1. The van der Waals surface area contributed by atoms with Gasteiger partial charge in [0.1, 0.15) is 91.8 Å². The number of imidazole rings is 2. The molecule has 0 radical (unpaired) electrons. The van der Waals surface area contributed by atoms with Crippen LogP contribution >= 0.6 is 34.0 Å². The molecule has 14 aromatic heterocycles. The molecule has 18 N–H and O–H groups in total. The summed E-state index contributed by atoms with van der Waals surface area (Å²) in [5, 5.41) is 93.6. The largest absolute Gasteiger partial charge is 0.506 e. The van der Waals surface area contributed by atoms with Crippen molar-refractivity contribution in [3.05, 3.63) is 262 Å². The zero-order chi connectivity index (χ0) is 98.5. The fraction of sp³-hybridized carbons (Fsp3) is 0.182. The normalized spacial score (nSPS) is 15.6. The highest BCUT2D eigenvalue weighted by atomic mass is 32.1. The first-order valence-corrected chi connectivity index (χ1v) is 45.1. The molecule has 7 aliphatic heterocycles. The lowest BCUT2D eigenvalue weighted by atomic mass is 10.0. The molecule has 0 aliphatic carbocycles. The van der Waals surface area contributed by atoms with Crippen molar-refractivity contribution in [2.75, 3.05) is 37.2 Å². The lowest BCUT2D eigenvalue weighted by Gasteiger charge is -2.08. The molecule has 21 rings (SSSR count). The second-order valence-corrected chi connectivity index (χ2v) is 36.0. The smallest absolute Gasteiger partial charge is 0.257 e. The van der Waals surface area contributed by atoms with E-state index in [1.54, 1.807) is 175 Å². The number of nitrogens with zero attached hydrogens (tertiary/aromatic N) is 10. The summed E-state index contributed by atoms with van der Waals surface area (Å²) in [5.74, 6) is 3.61. The molecule has 0 aromatic carbocycles. The summed E-state index contributed by atoms with van der Waals surface area (Å²) in [4.78, 5) is 141. The van der Waals surface area contributed by atoms with Gasteiger partial charge in [-0.1, -0.05) is 0 Å². The van der Waals surface area contributed by atoms with Gasteiger partial charge in [0.2, 0.25) is 0 Å². The first-order valence-electron chi connectivity index (χ1n) is 42.6. The van der Waals surface area contributed by atoms with Crippen molar-refractivity contribution in [3.8, 4) is 40.2 Å². The number of carbonyl (C=O) groups is 7. The third-order valence-corrected chi connectivity index (χ3v) is 25.9. The van der Waals surface area contributed by atoms with E-state index in [0.717, 1.165) is 48.7 Å². The minimum Gasteiger partial charge on any atom is -0.506 e. The average molecular weight is 1900 g/mol. The van der Waals surface area contributed by atoms with Crippen LogP contribution in [0.4, 0.5) is 40.7 Å². The minimum atomic E-state index is -0.244. The van der Waals surface area contributed by atoms with E-state index in [2.05, 4.69) is 107 Å². The number of aromatic nitrogens is 14. The molecule has 696 valence electrons. The lowest BCUT2D eigenvalue weighted by Crippen LogP contribution is -2.04. The fourth-order valence-electron chi connectivity index (χ4n) is 16.2. The van der Waals surface area contributed by atoms with Gasteiger partial charge in [-0.05, 0) is 220 Å². The quantitative estimate of drug-likeness (QED) is 0.0659. The van der Waals surface area contributed by atoms with Crippen LogP contribution in [-0.2, 0) is 33.6 Å². The average Bonchev–Trinajstić information content (AvgIpc) is 1.69. The minimum absolute atomic E-state index is 0.112. The molecule has 0 saturated heterocycles. The summed E-state index contributed by atoms with van der Waals surface area (Å²) < 4.78 is 0. The summed E-state index contributed by atoms with van der Waals surface area (Å²) in [6.07, 6.45) is 22.3. The van der Waals surface area contributed by atoms with Crippen LogP contribution in [0.1, 0.15) is 177 Å². The number of rotatable bonds is 7. The van der Waals surface area contributed by atoms with E-state index >= 15 is 0 Å². The molecule has 7 aliphatic rings. The van der Waals surface area contributed by atoms with Crippen LogP contribution in [0.25, 0.3) is 81.5 Å². The molecule has 0 atom stereocenters. The first kappa shape index (κ1) is 94.8. The molecule has 0 bridgehead atoms. The Hall–Kier alpha value is -16.9. The van der Waals surface area contributed by atoms with Gasteiger partial charge in [0, 0.05) is 140 Å². The highest BCUT2D eigenvalue weighted by Gasteiger charge is 2.37. The fourth-order valence-corrected chi connectivity index (χ4v) is 18.5. The maximum absolute atomic E-state index is 12.2. The monoisotopic (exact) mass is 1900 g/mol. The van der Waals surface area contributed by atoms with Crippen molar-refractivity contribution in [2.45, 2.75) is 125 Å². The molecule has 7 amide bonds. The number of anilines is 7. The molecular formula is C99H93N21O14S3. The van der Waals surface area contributed by atoms with E-state index in [1.807, 2.05) is 93.1 Å². The van der Waals surface area contributed by atoms with E-state index in [0.29, 0.717) is 203 Å².